The summed E-state index contributed by atoms with van der Waals surface area (Å²) in [7, 11) is 0. The molecular weight excluding hydrogens is 282 g/mol. The molecule has 5 nitrogen and oxygen atoms in total. The predicted octanol–water partition coefficient (Wildman–Crippen LogP) is 3.07. The number of hydrogen-bond donors (Lipinski definition) is 2. The van der Waals surface area contributed by atoms with Gasteiger partial charge in [-0.05, 0) is 30.0 Å². The molecule has 0 fully saturated rings. The molecule has 1 amide bonds. The van der Waals surface area contributed by atoms with E-state index in [4.69, 9.17) is 21.4 Å². The Morgan fingerprint density at radius 1 is 1.40 bits per heavy atom. The highest BCUT2D eigenvalue weighted by molar-refractivity contribution is 6.30. The van der Waals surface area contributed by atoms with Crippen molar-refractivity contribution < 1.29 is 19.4 Å². The van der Waals surface area contributed by atoms with E-state index in [-0.39, 0.29) is 12.5 Å². The predicted molar refractivity (Wildman–Crippen MR) is 75.7 cm³/mol. The van der Waals surface area contributed by atoms with Crippen LogP contribution in [0.2, 0.25) is 5.02 Å². The third-order valence-corrected chi connectivity index (χ3v) is 2.79. The van der Waals surface area contributed by atoms with Crippen molar-refractivity contribution in [2.45, 2.75) is 32.9 Å². The van der Waals surface area contributed by atoms with Crippen LogP contribution in [0.5, 0.6) is 0 Å². The van der Waals surface area contributed by atoms with Gasteiger partial charge in [0.25, 0.3) is 0 Å². The SMILES string of the molecule is CC(C)C[C@H](NC(=O)OCc1cccc(Cl)c1)C(=O)O. The smallest absolute Gasteiger partial charge is 0.408 e. The van der Waals surface area contributed by atoms with Crippen LogP contribution >= 0.6 is 11.6 Å². The molecule has 0 aromatic heterocycles. The van der Waals surface area contributed by atoms with Crippen LogP contribution in [0, 0.1) is 5.92 Å². The molecule has 2 N–H and O–H groups in total. The van der Waals surface area contributed by atoms with E-state index in [1.807, 2.05) is 13.8 Å². The van der Waals surface area contributed by atoms with Gasteiger partial charge in [0.1, 0.15) is 12.6 Å². The molecular formula is C14H18ClNO4. The Labute approximate surface area is 122 Å². The summed E-state index contributed by atoms with van der Waals surface area (Å²) in [6, 6.07) is 5.97. The van der Waals surface area contributed by atoms with E-state index in [2.05, 4.69) is 5.32 Å². The standard InChI is InChI=1S/C14H18ClNO4/c1-9(2)6-12(13(17)18)16-14(19)20-8-10-4-3-5-11(15)7-10/h3-5,7,9,12H,6,8H2,1-2H3,(H,16,19)(H,17,18)/t12-/m0/s1. The highest BCUT2D eigenvalue weighted by Crippen LogP contribution is 2.11. The molecule has 0 aliphatic carbocycles. The van der Waals surface area contributed by atoms with Gasteiger partial charge in [0.05, 0.1) is 0 Å². The summed E-state index contributed by atoms with van der Waals surface area (Å²) < 4.78 is 4.97. The number of amides is 1. The van der Waals surface area contributed by atoms with Crippen molar-refractivity contribution >= 4 is 23.7 Å². The summed E-state index contributed by atoms with van der Waals surface area (Å²) in [5.74, 6) is -0.914. The van der Waals surface area contributed by atoms with E-state index in [1.54, 1.807) is 24.3 Å². The molecule has 110 valence electrons. The number of carbonyl (C=O) groups excluding carboxylic acids is 1. The van der Waals surface area contributed by atoms with Gasteiger partial charge in [-0.3, -0.25) is 0 Å². The Kier molecular flexibility index (Phi) is 6.31. The second kappa shape index (κ2) is 7.75. The second-order valence-corrected chi connectivity index (χ2v) is 5.31. The molecule has 0 spiro atoms. The third-order valence-electron chi connectivity index (χ3n) is 2.56. The van der Waals surface area contributed by atoms with Gasteiger partial charge in [0, 0.05) is 5.02 Å². The summed E-state index contributed by atoms with van der Waals surface area (Å²) in [6.07, 6.45) is -0.403. The van der Waals surface area contributed by atoms with E-state index in [0.29, 0.717) is 11.4 Å². The summed E-state index contributed by atoms with van der Waals surface area (Å²) in [4.78, 5) is 22.6. The van der Waals surface area contributed by atoms with Gasteiger partial charge in [0.15, 0.2) is 0 Å². The zero-order chi connectivity index (χ0) is 15.1. The molecule has 1 atom stereocenters. The average Bonchev–Trinajstić information content (AvgIpc) is 2.35. The molecule has 20 heavy (non-hydrogen) atoms. The van der Waals surface area contributed by atoms with Crippen molar-refractivity contribution in [3.05, 3.63) is 34.9 Å². The molecule has 0 heterocycles. The van der Waals surface area contributed by atoms with Gasteiger partial charge in [0.2, 0.25) is 0 Å². The molecule has 0 aliphatic rings. The summed E-state index contributed by atoms with van der Waals surface area (Å²) in [5.41, 5.74) is 0.739. The van der Waals surface area contributed by atoms with Gasteiger partial charge in [-0.1, -0.05) is 37.6 Å². The lowest BCUT2D eigenvalue weighted by Gasteiger charge is -2.16. The van der Waals surface area contributed by atoms with Crippen molar-refractivity contribution in [2.24, 2.45) is 5.92 Å². The first-order valence-electron chi connectivity index (χ1n) is 6.29. The molecule has 0 saturated heterocycles. The fraction of sp³-hybridized carbons (Fsp3) is 0.429. The highest BCUT2D eigenvalue weighted by atomic mass is 35.5. The van der Waals surface area contributed by atoms with Crippen LogP contribution in [0.1, 0.15) is 25.8 Å². The minimum Gasteiger partial charge on any atom is -0.480 e. The van der Waals surface area contributed by atoms with Crippen molar-refractivity contribution in [3.8, 4) is 0 Å². The number of halogens is 1. The first kappa shape index (κ1) is 16.3. The molecule has 1 rings (SSSR count). The number of aliphatic carboxylic acids is 1. The van der Waals surface area contributed by atoms with Crippen LogP contribution in [-0.4, -0.2) is 23.2 Å². The highest BCUT2D eigenvalue weighted by Gasteiger charge is 2.21. The number of carbonyl (C=O) groups is 2. The van der Waals surface area contributed by atoms with Gasteiger partial charge in [-0.25, -0.2) is 9.59 Å². The first-order chi connectivity index (χ1) is 9.38. The van der Waals surface area contributed by atoms with E-state index in [0.717, 1.165) is 5.56 Å². The Hall–Kier alpha value is -1.75. The average molecular weight is 300 g/mol. The molecule has 0 unspecified atom stereocenters. The molecule has 0 aliphatic heterocycles. The number of ether oxygens (including phenoxy) is 1. The summed E-state index contributed by atoms with van der Waals surface area (Å²) in [6.45, 7) is 3.81. The number of nitrogens with one attached hydrogen (secondary N) is 1. The Morgan fingerprint density at radius 2 is 2.10 bits per heavy atom. The number of hydrogen-bond acceptors (Lipinski definition) is 3. The maximum Gasteiger partial charge on any atom is 0.408 e. The molecule has 0 saturated carbocycles. The van der Waals surface area contributed by atoms with Crippen LogP contribution in [0.3, 0.4) is 0 Å². The Morgan fingerprint density at radius 3 is 2.65 bits per heavy atom. The van der Waals surface area contributed by atoms with Gasteiger partial charge < -0.3 is 15.2 Å². The quantitative estimate of drug-likeness (QED) is 0.846. The number of rotatable bonds is 6. The Bertz CT molecular complexity index is 476. The zero-order valence-corrected chi connectivity index (χ0v) is 12.2. The van der Waals surface area contributed by atoms with Crippen LogP contribution in [-0.2, 0) is 16.1 Å². The van der Waals surface area contributed by atoms with E-state index >= 15 is 0 Å². The topological polar surface area (TPSA) is 75.6 Å². The minimum atomic E-state index is -1.07. The van der Waals surface area contributed by atoms with E-state index < -0.39 is 18.1 Å². The second-order valence-electron chi connectivity index (χ2n) is 4.87. The number of benzene rings is 1. The molecule has 6 heteroatoms. The zero-order valence-electron chi connectivity index (χ0n) is 11.4. The van der Waals surface area contributed by atoms with Crippen LogP contribution in [0.4, 0.5) is 4.79 Å². The van der Waals surface area contributed by atoms with Gasteiger partial charge in [-0.15, -0.1) is 0 Å². The lowest BCUT2D eigenvalue weighted by molar-refractivity contribution is -0.139. The van der Waals surface area contributed by atoms with Crippen molar-refractivity contribution in [2.75, 3.05) is 0 Å². The summed E-state index contributed by atoms with van der Waals surface area (Å²) >= 11 is 5.81. The largest absolute Gasteiger partial charge is 0.480 e. The van der Waals surface area contributed by atoms with Crippen LogP contribution < -0.4 is 5.32 Å². The van der Waals surface area contributed by atoms with Crippen molar-refractivity contribution in [3.63, 3.8) is 0 Å². The number of carboxylic acid groups (broad SMARTS) is 1. The first-order valence-corrected chi connectivity index (χ1v) is 6.67. The molecule has 0 bridgehead atoms. The molecule has 0 radical (unpaired) electrons. The monoisotopic (exact) mass is 299 g/mol. The van der Waals surface area contributed by atoms with Gasteiger partial charge in [-0.2, -0.15) is 0 Å². The number of carboxylic acids is 1. The molecule has 1 aromatic carbocycles. The van der Waals surface area contributed by atoms with E-state index in [1.165, 1.54) is 0 Å². The summed E-state index contributed by atoms with van der Waals surface area (Å²) in [5, 5.41) is 11.9. The fourth-order valence-corrected chi connectivity index (χ4v) is 1.87. The lowest BCUT2D eigenvalue weighted by Crippen LogP contribution is -2.41. The van der Waals surface area contributed by atoms with Crippen LogP contribution in [0.15, 0.2) is 24.3 Å². The van der Waals surface area contributed by atoms with Crippen molar-refractivity contribution in [1.82, 2.24) is 5.32 Å². The van der Waals surface area contributed by atoms with Crippen molar-refractivity contribution in [1.29, 1.82) is 0 Å². The minimum absolute atomic E-state index is 0.0421. The van der Waals surface area contributed by atoms with Crippen LogP contribution in [0.25, 0.3) is 0 Å². The number of alkyl carbamates (subject to hydrolysis) is 1. The third kappa shape index (κ3) is 5.93. The Balaban J connectivity index is 2.47. The fourth-order valence-electron chi connectivity index (χ4n) is 1.65. The normalized spacial score (nSPS) is 12.0. The molecule has 1 aromatic rings. The lowest BCUT2D eigenvalue weighted by atomic mass is 10.0. The van der Waals surface area contributed by atoms with Gasteiger partial charge >= 0.3 is 12.1 Å². The maximum absolute atomic E-state index is 11.6. The van der Waals surface area contributed by atoms with E-state index in [9.17, 15) is 9.59 Å². The maximum atomic E-state index is 11.6.